The fourth-order valence-corrected chi connectivity index (χ4v) is 4.87. The Morgan fingerprint density at radius 1 is 1.11 bits per heavy atom. The van der Waals surface area contributed by atoms with Crippen LogP contribution in [0.25, 0.3) is 0 Å². The molecule has 0 aliphatic carbocycles. The maximum absolute atomic E-state index is 14.1. The number of hydrogen-bond acceptors (Lipinski definition) is 3. The number of sulfonamides is 1. The van der Waals surface area contributed by atoms with Crippen LogP contribution in [0.2, 0.25) is 15.1 Å². The first-order chi connectivity index (χ1) is 13.1. The molecule has 0 spiro atoms. The minimum absolute atomic E-state index is 0.0396. The molecule has 1 N–H and O–H groups in total. The molecular weight excluding hydrogens is 448 g/mol. The molecule has 3 rings (SSSR count). The van der Waals surface area contributed by atoms with Crippen molar-refractivity contribution in [2.24, 2.45) is 0 Å². The van der Waals surface area contributed by atoms with Crippen LogP contribution in [-0.2, 0) is 16.6 Å². The molecule has 0 amide bonds. The summed E-state index contributed by atoms with van der Waals surface area (Å²) in [5.41, 5.74) is 1.47. The third kappa shape index (κ3) is 4.12. The van der Waals surface area contributed by atoms with Gasteiger partial charge in [-0.2, -0.15) is 5.10 Å². The van der Waals surface area contributed by atoms with Crippen LogP contribution in [0.15, 0.2) is 41.3 Å². The highest BCUT2D eigenvalue weighted by Crippen LogP contribution is 2.30. The number of aryl methyl sites for hydroxylation is 1. The molecule has 0 unspecified atom stereocenters. The van der Waals surface area contributed by atoms with Gasteiger partial charge in [0, 0.05) is 15.6 Å². The summed E-state index contributed by atoms with van der Waals surface area (Å²) in [4.78, 5) is -0.148. The average molecular weight is 463 g/mol. The van der Waals surface area contributed by atoms with Gasteiger partial charge in [0.25, 0.3) is 10.0 Å². The normalized spacial score (nSPS) is 11.6. The lowest BCUT2D eigenvalue weighted by atomic mass is 10.2. The largest absolute Gasteiger partial charge is 0.276 e. The number of benzene rings is 2. The van der Waals surface area contributed by atoms with Gasteiger partial charge in [-0.1, -0.05) is 40.9 Å². The Labute approximate surface area is 177 Å². The molecule has 1 aromatic heterocycles. The van der Waals surface area contributed by atoms with Crippen LogP contribution in [0.3, 0.4) is 0 Å². The number of halogens is 4. The van der Waals surface area contributed by atoms with E-state index in [-0.39, 0.29) is 37.8 Å². The summed E-state index contributed by atoms with van der Waals surface area (Å²) >= 11 is 18.0. The average Bonchev–Trinajstić information content (AvgIpc) is 2.87. The number of nitrogens with zero attached hydrogens (tertiary/aromatic N) is 2. The van der Waals surface area contributed by atoms with Gasteiger partial charge < -0.3 is 0 Å². The molecule has 0 atom stereocenters. The standard InChI is InChI=1S/C18H15Cl3FN3O2S/c1-10-18(24-28(26,27)17-8-12(19)6-7-15(17)21)11(2)25(23-10)9-13-14(20)4-3-5-16(13)22/h3-8,24H,9H2,1-2H3. The summed E-state index contributed by atoms with van der Waals surface area (Å²) in [5.74, 6) is -0.465. The van der Waals surface area contributed by atoms with Gasteiger partial charge in [0.15, 0.2) is 0 Å². The highest BCUT2D eigenvalue weighted by atomic mass is 35.5. The Morgan fingerprint density at radius 3 is 2.50 bits per heavy atom. The first kappa shape index (κ1) is 20.9. The molecule has 0 bridgehead atoms. The van der Waals surface area contributed by atoms with Gasteiger partial charge in [-0.15, -0.1) is 0 Å². The summed E-state index contributed by atoms with van der Waals surface area (Å²) in [6.07, 6.45) is 0. The number of anilines is 1. The minimum atomic E-state index is -4.01. The van der Waals surface area contributed by atoms with Crippen LogP contribution >= 0.6 is 34.8 Å². The smallest absolute Gasteiger partial charge is 0.263 e. The summed E-state index contributed by atoms with van der Waals surface area (Å²) in [6.45, 7) is 3.37. The van der Waals surface area contributed by atoms with Crippen molar-refractivity contribution < 1.29 is 12.8 Å². The third-order valence-electron chi connectivity index (χ3n) is 4.17. The van der Waals surface area contributed by atoms with E-state index in [1.165, 1.54) is 35.0 Å². The quantitative estimate of drug-likeness (QED) is 0.548. The topological polar surface area (TPSA) is 64.0 Å². The Hall–Kier alpha value is -1.80. The van der Waals surface area contributed by atoms with Gasteiger partial charge in [0.2, 0.25) is 0 Å². The van der Waals surface area contributed by atoms with E-state index >= 15 is 0 Å². The number of aromatic nitrogens is 2. The van der Waals surface area contributed by atoms with Crippen molar-refractivity contribution in [2.75, 3.05) is 4.72 Å². The van der Waals surface area contributed by atoms with Crippen molar-refractivity contribution in [3.63, 3.8) is 0 Å². The lowest BCUT2D eigenvalue weighted by molar-refractivity contribution is 0.579. The fourth-order valence-electron chi connectivity index (χ4n) is 2.70. The monoisotopic (exact) mass is 461 g/mol. The molecule has 0 radical (unpaired) electrons. The van der Waals surface area contributed by atoms with Crippen LogP contribution in [0, 0.1) is 19.7 Å². The van der Waals surface area contributed by atoms with Crippen LogP contribution in [0.5, 0.6) is 0 Å². The van der Waals surface area contributed by atoms with Crippen LogP contribution in [0.1, 0.15) is 17.0 Å². The molecule has 0 aliphatic rings. The second kappa shape index (κ2) is 7.91. The molecule has 0 saturated heterocycles. The molecule has 1 heterocycles. The summed E-state index contributed by atoms with van der Waals surface area (Å²) < 4.78 is 43.6. The van der Waals surface area contributed by atoms with Crippen molar-refractivity contribution in [1.82, 2.24) is 9.78 Å². The van der Waals surface area contributed by atoms with E-state index in [0.29, 0.717) is 11.4 Å². The Balaban J connectivity index is 1.97. The summed E-state index contributed by atoms with van der Waals surface area (Å²) in [6, 6.07) is 8.56. The lowest BCUT2D eigenvalue weighted by Gasteiger charge is -2.11. The molecule has 0 aliphatic heterocycles. The first-order valence-corrected chi connectivity index (χ1v) is 10.7. The van der Waals surface area contributed by atoms with Gasteiger partial charge in [-0.25, -0.2) is 12.8 Å². The molecule has 0 fully saturated rings. The van der Waals surface area contributed by atoms with E-state index in [2.05, 4.69) is 9.82 Å². The van der Waals surface area contributed by atoms with Gasteiger partial charge >= 0.3 is 0 Å². The van der Waals surface area contributed by atoms with E-state index in [1.807, 2.05) is 0 Å². The summed E-state index contributed by atoms with van der Waals surface area (Å²) in [5, 5.41) is 4.85. The molecule has 10 heteroatoms. The van der Waals surface area contributed by atoms with Gasteiger partial charge in [-0.3, -0.25) is 9.40 Å². The zero-order chi connectivity index (χ0) is 20.6. The van der Waals surface area contributed by atoms with E-state index in [1.54, 1.807) is 19.9 Å². The molecule has 2 aromatic carbocycles. The Kier molecular flexibility index (Phi) is 5.91. The SMILES string of the molecule is Cc1nn(Cc2c(F)cccc2Cl)c(C)c1NS(=O)(=O)c1cc(Cl)ccc1Cl. The predicted octanol–water partition coefficient (Wildman–Crippen LogP) is 5.45. The van der Waals surface area contributed by atoms with Crippen LogP contribution in [0.4, 0.5) is 10.1 Å². The summed E-state index contributed by atoms with van der Waals surface area (Å²) in [7, 11) is -4.01. The second-order valence-electron chi connectivity index (χ2n) is 6.08. The number of hydrogen-bond donors (Lipinski definition) is 1. The van der Waals surface area contributed by atoms with Crippen molar-refractivity contribution in [1.29, 1.82) is 0 Å². The maximum atomic E-state index is 14.1. The van der Waals surface area contributed by atoms with Crippen molar-refractivity contribution in [3.8, 4) is 0 Å². The Bertz CT molecular complexity index is 1140. The Morgan fingerprint density at radius 2 is 1.82 bits per heavy atom. The van der Waals surface area contributed by atoms with Crippen molar-refractivity contribution in [3.05, 3.63) is 74.2 Å². The van der Waals surface area contributed by atoms with Gasteiger partial charge in [0.05, 0.1) is 28.6 Å². The van der Waals surface area contributed by atoms with E-state index in [9.17, 15) is 12.8 Å². The maximum Gasteiger partial charge on any atom is 0.263 e. The predicted molar refractivity (Wildman–Crippen MR) is 109 cm³/mol. The molecule has 28 heavy (non-hydrogen) atoms. The molecule has 0 saturated carbocycles. The van der Waals surface area contributed by atoms with Crippen LogP contribution < -0.4 is 4.72 Å². The molecular formula is C18H15Cl3FN3O2S. The van der Waals surface area contributed by atoms with E-state index in [0.717, 1.165) is 0 Å². The zero-order valence-corrected chi connectivity index (χ0v) is 17.9. The number of rotatable bonds is 5. The van der Waals surface area contributed by atoms with Crippen molar-refractivity contribution >= 4 is 50.5 Å². The minimum Gasteiger partial charge on any atom is -0.276 e. The molecule has 148 valence electrons. The van der Waals surface area contributed by atoms with E-state index in [4.69, 9.17) is 34.8 Å². The molecule has 3 aromatic rings. The van der Waals surface area contributed by atoms with Crippen molar-refractivity contribution in [2.45, 2.75) is 25.3 Å². The fraction of sp³-hybridized carbons (Fsp3) is 0.167. The lowest BCUT2D eigenvalue weighted by Crippen LogP contribution is -2.15. The van der Waals surface area contributed by atoms with Gasteiger partial charge in [-0.05, 0) is 44.2 Å². The second-order valence-corrected chi connectivity index (χ2v) is 8.99. The van der Waals surface area contributed by atoms with Gasteiger partial charge in [0.1, 0.15) is 10.7 Å². The highest BCUT2D eigenvalue weighted by molar-refractivity contribution is 7.92. The first-order valence-electron chi connectivity index (χ1n) is 8.05. The number of nitrogens with one attached hydrogen (secondary N) is 1. The molecule has 5 nitrogen and oxygen atoms in total. The van der Waals surface area contributed by atoms with Crippen LogP contribution in [-0.4, -0.2) is 18.2 Å². The third-order valence-corrected chi connectivity index (χ3v) is 6.59. The van der Waals surface area contributed by atoms with E-state index < -0.39 is 15.8 Å². The zero-order valence-electron chi connectivity index (χ0n) is 14.8. The highest BCUT2D eigenvalue weighted by Gasteiger charge is 2.23.